The minimum Gasteiger partial charge on any atom is -0.497 e. The van der Waals surface area contributed by atoms with E-state index < -0.39 is 5.91 Å². The molecular formula is C16H14N4O3. The van der Waals surface area contributed by atoms with Crippen molar-refractivity contribution >= 4 is 22.6 Å². The quantitative estimate of drug-likeness (QED) is 0.795. The molecule has 0 aliphatic rings. The van der Waals surface area contributed by atoms with Crippen molar-refractivity contribution in [2.75, 3.05) is 19.5 Å². The molecule has 7 heteroatoms. The fraction of sp³-hybridized carbons (Fsp3) is 0.125. The Bertz CT molecular complexity index is 850. The smallest absolute Gasteiger partial charge is 0.295 e. The number of benzene rings is 2. The van der Waals surface area contributed by atoms with Crippen LogP contribution in [0.5, 0.6) is 11.5 Å². The number of aromatic nitrogens is 3. The van der Waals surface area contributed by atoms with Gasteiger partial charge in [-0.1, -0.05) is 0 Å². The zero-order chi connectivity index (χ0) is 16.2. The molecule has 23 heavy (non-hydrogen) atoms. The van der Waals surface area contributed by atoms with E-state index in [0.717, 1.165) is 0 Å². The van der Waals surface area contributed by atoms with Gasteiger partial charge in [-0.3, -0.25) is 4.79 Å². The minimum atomic E-state index is -0.438. The first-order valence-electron chi connectivity index (χ1n) is 6.83. The number of rotatable bonds is 4. The molecule has 0 radical (unpaired) electrons. The first-order chi connectivity index (χ1) is 11.2. The Morgan fingerprint density at radius 1 is 0.913 bits per heavy atom. The number of ether oxygens (including phenoxy) is 2. The molecule has 1 amide bonds. The highest BCUT2D eigenvalue weighted by atomic mass is 16.5. The topological polar surface area (TPSA) is 86.2 Å². The Kier molecular flexibility index (Phi) is 4.01. The summed E-state index contributed by atoms with van der Waals surface area (Å²) in [5, 5.41) is 10.6. The molecule has 0 spiro atoms. The summed E-state index contributed by atoms with van der Waals surface area (Å²) < 4.78 is 10.2. The highest BCUT2D eigenvalue weighted by Crippen LogP contribution is 2.18. The van der Waals surface area contributed by atoms with Crippen LogP contribution < -0.4 is 14.8 Å². The number of nitrogens with one attached hydrogen (secondary N) is 1. The van der Waals surface area contributed by atoms with Crippen LogP contribution in [0.2, 0.25) is 0 Å². The highest BCUT2D eigenvalue weighted by molar-refractivity contribution is 6.02. The molecule has 0 aliphatic heterocycles. The SMILES string of the molecule is COc1ccc(NC(=O)c2nnc3ccc(OC)cc3n2)cc1. The van der Waals surface area contributed by atoms with Gasteiger partial charge >= 0.3 is 0 Å². The van der Waals surface area contributed by atoms with Gasteiger partial charge in [-0.25, -0.2) is 4.98 Å². The van der Waals surface area contributed by atoms with Crippen molar-refractivity contribution in [3.8, 4) is 11.5 Å². The third kappa shape index (κ3) is 3.18. The molecule has 116 valence electrons. The molecular weight excluding hydrogens is 296 g/mol. The van der Waals surface area contributed by atoms with Crippen molar-refractivity contribution in [3.05, 3.63) is 48.3 Å². The predicted molar refractivity (Wildman–Crippen MR) is 84.8 cm³/mol. The predicted octanol–water partition coefficient (Wildman–Crippen LogP) is 2.29. The van der Waals surface area contributed by atoms with E-state index in [1.807, 2.05) is 0 Å². The molecule has 0 saturated heterocycles. The van der Waals surface area contributed by atoms with Crippen LogP contribution in [0.4, 0.5) is 5.69 Å². The maximum Gasteiger partial charge on any atom is 0.295 e. The van der Waals surface area contributed by atoms with E-state index in [1.54, 1.807) is 56.7 Å². The largest absolute Gasteiger partial charge is 0.497 e. The monoisotopic (exact) mass is 310 g/mol. The Morgan fingerprint density at radius 2 is 1.61 bits per heavy atom. The van der Waals surface area contributed by atoms with E-state index in [-0.39, 0.29) is 5.82 Å². The van der Waals surface area contributed by atoms with Crippen molar-refractivity contribution in [2.45, 2.75) is 0 Å². The lowest BCUT2D eigenvalue weighted by atomic mass is 10.3. The summed E-state index contributed by atoms with van der Waals surface area (Å²) in [6, 6.07) is 12.2. The molecule has 0 unspecified atom stereocenters. The molecule has 0 saturated carbocycles. The minimum absolute atomic E-state index is 0.0124. The fourth-order valence-corrected chi connectivity index (χ4v) is 2.00. The van der Waals surface area contributed by atoms with E-state index in [9.17, 15) is 4.79 Å². The lowest BCUT2D eigenvalue weighted by molar-refractivity contribution is 0.101. The van der Waals surface area contributed by atoms with Crippen LogP contribution in [0, 0.1) is 0 Å². The number of carbonyl (C=O) groups excluding carboxylic acids is 1. The lowest BCUT2D eigenvalue weighted by Crippen LogP contribution is -2.16. The number of carbonyl (C=O) groups is 1. The van der Waals surface area contributed by atoms with Crippen LogP contribution in [0.15, 0.2) is 42.5 Å². The molecule has 3 aromatic rings. The molecule has 7 nitrogen and oxygen atoms in total. The summed E-state index contributed by atoms with van der Waals surface area (Å²) in [4.78, 5) is 16.5. The van der Waals surface area contributed by atoms with Gasteiger partial charge in [0.05, 0.1) is 19.7 Å². The second-order valence-electron chi connectivity index (χ2n) is 4.67. The fourth-order valence-electron chi connectivity index (χ4n) is 2.00. The second-order valence-corrected chi connectivity index (χ2v) is 4.67. The van der Waals surface area contributed by atoms with Crippen LogP contribution in [0.1, 0.15) is 10.6 Å². The van der Waals surface area contributed by atoms with Crippen molar-refractivity contribution in [3.63, 3.8) is 0 Å². The third-order valence-electron chi connectivity index (χ3n) is 3.21. The summed E-state index contributed by atoms with van der Waals surface area (Å²) in [6.07, 6.45) is 0. The van der Waals surface area contributed by atoms with Crippen LogP contribution in [-0.2, 0) is 0 Å². The molecule has 3 rings (SSSR count). The maximum absolute atomic E-state index is 12.2. The number of hydrogen-bond donors (Lipinski definition) is 1. The first-order valence-corrected chi connectivity index (χ1v) is 6.83. The van der Waals surface area contributed by atoms with Gasteiger partial charge in [0, 0.05) is 11.8 Å². The Balaban J connectivity index is 1.84. The average Bonchev–Trinajstić information content (AvgIpc) is 2.61. The highest BCUT2D eigenvalue weighted by Gasteiger charge is 2.12. The summed E-state index contributed by atoms with van der Waals surface area (Å²) in [5.74, 6) is 0.896. The number of hydrogen-bond acceptors (Lipinski definition) is 6. The number of fused-ring (bicyclic) bond motifs is 1. The van der Waals surface area contributed by atoms with Crippen LogP contribution in [-0.4, -0.2) is 35.3 Å². The van der Waals surface area contributed by atoms with Crippen molar-refractivity contribution in [2.24, 2.45) is 0 Å². The van der Waals surface area contributed by atoms with Gasteiger partial charge in [-0.15, -0.1) is 10.2 Å². The van der Waals surface area contributed by atoms with E-state index in [0.29, 0.717) is 28.2 Å². The van der Waals surface area contributed by atoms with Gasteiger partial charge in [0.2, 0.25) is 5.82 Å². The Morgan fingerprint density at radius 3 is 2.30 bits per heavy atom. The maximum atomic E-state index is 12.2. The van der Waals surface area contributed by atoms with Gasteiger partial charge in [-0.2, -0.15) is 0 Å². The van der Waals surface area contributed by atoms with Gasteiger partial charge in [-0.05, 0) is 36.4 Å². The third-order valence-corrected chi connectivity index (χ3v) is 3.21. The van der Waals surface area contributed by atoms with Crippen molar-refractivity contribution in [1.82, 2.24) is 15.2 Å². The summed E-state index contributed by atoms with van der Waals surface area (Å²) in [7, 11) is 3.14. The molecule has 2 aromatic carbocycles. The molecule has 0 atom stereocenters. The van der Waals surface area contributed by atoms with Crippen molar-refractivity contribution in [1.29, 1.82) is 0 Å². The van der Waals surface area contributed by atoms with Crippen molar-refractivity contribution < 1.29 is 14.3 Å². The lowest BCUT2D eigenvalue weighted by Gasteiger charge is -2.06. The summed E-state index contributed by atoms with van der Waals surface area (Å²) in [6.45, 7) is 0. The van der Waals surface area contributed by atoms with E-state index in [4.69, 9.17) is 9.47 Å². The van der Waals surface area contributed by atoms with Gasteiger partial charge in [0.15, 0.2) is 0 Å². The summed E-state index contributed by atoms with van der Waals surface area (Å²) >= 11 is 0. The second kappa shape index (κ2) is 6.27. The Hall–Kier alpha value is -3.22. The van der Waals surface area contributed by atoms with Crippen LogP contribution >= 0.6 is 0 Å². The van der Waals surface area contributed by atoms with E-state index >= 15 is 0 Å². The van der Waals surface area contributed by atoms with Crippen LogP contribution in [0.3, 0.4) is 0 Å². The molecule has 0 fully saturated rings. The zero-order valence-corrected chi connectivity index (χ0v) is 12.6. The number of methoxy groups -OCH3 is 2. The zero-order valence-electron chi connectivity index (χ0n) is 12.6. The van der Waals surface area contributed by atoms with E-state index in [1.165, 1.54) is 0 Å². The molecule has 1 N–H and O–H groups in total. The van der Waals surface area contributed by atoms with Crippen LogP contribution in [0.25, 0.3) is 11.0 Å². The Labute approximate surface area is 132 Å². The van der Waals surface area contributed by atoms with E-state index in [2.05, 4.69) is 20.5 Å². The normalized spacial score (nSPS) is 10.3. The molecule has 0 bridgehead atoms. The standard InChI is InChI=1S/C16H14N4O3/c1-22-11-5-3-10(4-6-11)17-16(21)15-18-14-9-12(23-2)7-8-13(14)19-20-15/h3-9H,1-2H3,(H,17,21). The van der Waals surface area contributed by atoms with Gasteiger partial charge in [0.25, 0.3) is 5.91 Å². The van der Waals surface area contributed by atoms with Gasteiger partial charge < -0.3 is 14.8 Å². The number of nitrogens with zero attached hydrogens (tertiary/aromatic N) is 3. The molecule has 0 aliphatic carbocycles. The average molecular weight is 310 g/mol. The number of anilines is 1. The first kappa shape index (κ1) is 14.7. The number of amides is 1. The molecule has 1 aromatic heterocycles. The summed E-state index contributed by atoms with van der Waals surface area (Å²) in [5.41, 5.74) is 1.75. The van der Waals surface area contributed by atoms with Gasteiger partial charge in [0.1, 0.15) is 17.0 Å². The molecule has 1 heterocycles.